The molecule has 3 rings (SSSR count). The van der Waals surface area contributed by atoms with Crippen molar-refractivity contribution in [2.45, 2.75) is 38.2 Å². The number of rotatable bonds is 2. The Bertz CT molecular complexity index is 599. The summed E-state index contributed by atoms with van der Waals surface area (Å²) < 4.78 is 6.23. The van der Waals surface area contributed by atoms with E-state index in [4.69, 9.17) is 4.42 Å². The molecule has 0 amide bonds. The molecule has 19 heavy (non-hydrogen) atoms. The number of halogens is 1. The fourth-order valence-electron chi connectivity index (χ4n) is 2.81. The van der Waals surface area contributed by atoms with Crippen molar-refractivity contribution in [1.29, 1.82) is 0 Å². The lowest BCUT2D eigenvalue weighted by Gasteiger charge is -2.25. The number of fused-ring (bicyclic) bond motifs is 1. The van der Waals surface area contributed by atoms with Crippen LogP contribution in [-0.2, 0) is 18.4 Å². The van der Waals surface area contributed by atoms with Gasteiger partial charge in [0.2, 0.25) is 0 Å². The first-order valence-electron chi connectivity index (χ1n) is 6.67. The van der Waals surface area contributed by atoms with Gasteiger partial charge in [-0.2, -0.15) is 0 Å². The zero-order valence-corrected chi connectivity index (χ0v) is 12.5. The molecule has 1 atom stereocenters. The Balaban J connectivity index is 2.04. The van der Waals surface area contributed by atoms with Crippen LogP contribution in [0.15, 0.2) is 39.4 Å². The molecule has 1 aromatic carbocycles. The van der Waals surface area contributed by atoms with Gasteiger partial charge in [-0.3, -0.25) is 0 Å². The zero-order chi connectivity index (χ0) is 13.5. The summed E-state index contributed by atoms with van der Waals surface area (Å²) in [7, 11) is 0. The van der Waals surface area contributed by atoms with E-state index in [-0.39, 0.29) is 0 Å². The van der Waals surface area contributed by atoms with Crippen molar-refractivity contribution < 1.29 is 9.52 Å². The highest BCUT2D eigenvalue weighted by atomic mass is 79.9. The van der Waals surface area contributed by atoms with E-state index in [1.165, 1.54) is 24.0 Å². The number of hydrogen-bond acceptors (Lipinski definition) is 2. The monoisotopic (exact) mass is 320 g/mol. The maximum atomic E-state index is 10.8. The fraction of sp³-hybridized carbons (Fsp3) is 0.375. The predicted octanol–water partition coefficient (Wildman–Crippen LogP) is 4.18. The Morgan fingerprint density at radius 3 is 2.58 bits per heavy atom. The van der Waals surface area contributed by atoms with Crippen molar-refractivity contribution in [3.8, 4) is 0 Å². The Morgan fingerprint density at radius 1 is 1.16 bits per heavy atom. The lowest BCUT2D eigenvalue weighted by molar-refractivity contribution is 0.0756. The molecule has 0 bridgehead atoms. The summed E-state index contributed by atoms with van der Waals surface area (Å²) in [4.78, 5) is 0. The van der Waals surface area contributed by atoms with Gasteiger partial charge in [0.15, 0.2) is 5.76 Å². The second-order valence-corrected chi connectivity index (χ2v) is 6.21. The average molecular weight is 321 g/mol. The molecule has 0 saturated carbocycles. The van der Waals surface area contributed by atoms with E-state index in [0.717, 1.165) is 22.9 Å². The van der Waals surface area contributed by atoms with Crippen LogP contribution >= 0.6 is 15.9 Å². The molecule has 2 nitrogen and oxygen atoms in total. The van der Waals surface area contributed by atoms with Crippen molar-refractivity contribution in [3.05, 3.63) is 57.5 Å². The van der Waals surface area contributed by atoms with Crippen LogP contribution in [0.3, 0.4) is 0 Å². The highest BCUT2D eigenvalue weighted by Crippen LogP contribution is 2.36. The highest BCUT2D eigenvalue weighted by Gasteiger charge is 2.31. The largest absolute Gasteiger partial charge is 0.465 e. The van der Waals surface area contributed by atoms with Crippen molar-refractivity contribution >= 4 is 15.9 Å². The maximum Gasteiger partial charge on any atom is 0.153 e. The van der Waals surface area contributed by atoms with Crippen molar-refractivity contribution in [1.82, 2.24) is 0 Å². The van der Waals surface area contributed by atoms with Crippen molar-refractivity contribution in [3.63, 3.8) is 0 Å². The number of hydrogen-bond donors (Lipinski definition) is 1. The summed E-state index contributed by atoms with van der Waals surface area (Å²) in [6.07, 6.45) is 6.36. The van der Waals surface area contributed by atoms with E-state index in [2.05, 4.69) is 28.1 Å². The molecule has 1 aromatic heterocycles. The molecule has 1 heterocycles. The van der Waals surface area contributed by atoms with Gasteiger partial charge in [-0.25, -0.2) is 0 Å². The van der Waals surface area contributed by atoms with Gasteiger partial charge < -0.3 is 9.52 Å². The minimum Gasteiger partial charge on any atom is -0.465 e. The smallest absolute Gasteiger partial charge is 0.153 e. The van der Waals surface area contributed by atoms with Gasteiger partial charge in [-0.15, -0.1) is 0 Å². The minimum atomic E-state index is -1.10. The SMILES string of the molecule is CC(O)(c1ccc2c(c1)CCCC2)c1occc1Br. The second kappa shape index (κ2) is 4.80. The van der Waals surface area contributed by atoms with Gasteiger partial charge in [-0.1, -0.05) is 18.2 Å². The summed E-state index contributed by atoms with van der Waals surface area (Å²) in [5.74, 6) is 0.559. The van der Waals surface area contributed by atoms with Gasteiger partial charge in [0.05, 0.1) is 10.7 Å². The van der Waals surface area contributed by atoms with Crippen LogP contribution in [0.25, 0.3) is 0 Å². The van der Waals surface area contributed by atoms with Crippen LogP contribution in [0.1, 0.15) is 42.2 Å². The summed E-state index contributed by atoms with van der Waals surface area (Å²) in [6, 6.07) is 8.10. The number of furan rings is 1. The van der Waals surface area contributed by atoms with Crippen LogP contribution < -0.4 is 0 Å². The third kappa shape index (κ3) is 2.26. The van der Waals surface area contributed by atoms with Crippen LogP contribution in [0.2, 0.25) is 0 Å². The number of aryl methyl sites for hydroxylation is 2. The number of aliphatic hydroxyl groups is 1. The Morgan fingerprint density at radius 2 is 1.89 bits per heavy atom. The van der Waals surface area contributed by atoms with Crippen molar-refractivity contribution in [2.75, 3.05) is 0 Å². The van der Waals surface area contributed by atoms with Crippen LogP contribution in [-0.4, -0.2) is 5.11 Å². The molecule has 1 N–H and O–H groups in total. The summed E-state index contributed by atoms with van der Waals surface area (Å²) >= 11 is 3.42. The standard InChI is InChI=1S/C16H17BrO2/c1-16(18,15-14(17)8-9-19-15)13-7-6-11-4-2-3-5-12(11)10-13/h6-10,18H,2-5H2,1H3. The first-order valence-corrected chi connectivity index (χ1v) is 7.46. The molecule has 2 aromatic rings. The van der Waals surface area contributed by atoms with Gasteiger partial charge in [0.25, 0.3) is 0 Å². The molecule has 0 spiro atoms. The Labute approximate surface area is 121 Å². The van der Waals surface area contributed by atoms with Crippen LogP contribution in [0.4, 0.5) is 0 Å². The second-order valence-electron chi connectivity index (χ2n) is 5.36. The zero-order valence-electron chi connectivity index (χ0n) is 10.9. The van der Waals surface area contributed by atoms with E-state index in [9.17, 15) is 5.11 Å². The molecular formula is C16H17BrO2. The van der Waals surface area contributed by atoms with E-state index >= 15 is 0 Å². The molecular weight excluding hydrogens is 304 g/mol. The minimum absolute atomic E-state index is 0.559. The van der Waals surface area contributed by atoms with E-state index in [1.807, 2.05) is 12.1 Å². The van der Waals surface area contributed by atoms with E-state index in [0.29, 0.717) is 5.76 Å². The van der Waals surface area contributed by atoms with Crippen LogP contribution in [0.5, 0.6) is 0 Å². The number of benzene rings is 1. The molecule has 0 fully saturated rings. The third-order valence-corrected chi connectivity index (χ3v) is 4.59. The molecule has 100 valence electrons. The first kappa shape index (κ1) is 12.9. The van der Waals surface area contributed by atoms with Crippen LogP contribution in [0, 0.1) is 0 Å². The molecule has 0 saturated heterocycles. The first-order chi connectivity index (χ1) is 9.09. The molecule has 0 aliphatic heterocycles. The lowest BCUT2D eigenvalue weighted by Crippen LogP contribution is -2.23. The van der Waals surface area contributed by atoms with Gasteiger partial charge in [0.1, 0.15) is 5.60 Å². The van der Waals surface area contributed by atoms with Gasteiger partial charge >= 0.3 is 0 Å². The van der Waals surface area contributed by atoms with E-state index < -0.39 is 5.60 Å². The summed E-state index contributed by atoms with van der Waals surface area (Å²) in [5.41, 5.74) is 2.58. The fourth-order valence-corrected chi connectivity index (χ4v) is 3.40. The molecule has 3 heteroatoms. The summed E-state index contributed by atoms with van der Waals surface area (Å²) in [5, 5.41) is 10.8. The molecule has 1 aliphatic rings. The molecule has 1 unspecified atom stereocenters. The Hall–Kier alpha value is -1.06. The van der Waals surface area contributed by atoms with Gasteiger partial charge in [-0.05, 0) is 71.3 Å². The quantitative estimate of drug-likeness (QED) is 0.900. The molecule has 1 aliphatic carbocycles. The van der Waals surface area contributed by atoms with Gasteiger partial charge in [0, 0.05) is 0 Å². The topological polar surface area (TPSA) is 33.4 Å². The Kier molecular flexibility index (Phi) is 3.27. The highest BCUT2D eigenvalue weighted by molar-refractivity contribution is 9.10. The average Bonchev–Trinajstić information content (AvgIpc) is 2.85. The third-order valence-electron chi connectivity index (χ3n) is 3.97. The lowest BCUT2D eigenvalue weighted by atomic mass is 9.85. The predicted molar refractivity (Wildman–Crippen MR) is 78.2 cm³/mol. The normalized spacial score (nSPS) is 17.8. The van der Waals surface area contributed by atoms with Crippen molar-refractivity contribution in [2.24, 2.45) is 0 Å². The summed E-state index contributed by atoms with van der Waals surface area (Å²) in [6.45, 7) is 1.78. The van der Waals surface area contributed by atoms with E-state index in [1.54, 1.807) is 13.2 Å². The maximum absolute atomic E-state index is 10.8. The molecule has 0 radical (unpaired) electrons.